The second kappa shape index (κ2) is 6.65. The van der Waals surface area contributed by atoms with Crippen molar-refractivity contribution < 1.29 is 4.79 Å². The van der Waals surface area contributed by atoms with Gasteiger partial charge in [0.1, 0.15) is 0 Å². The molecule has 3 nitrogen and oxygen atoms in total. The Morgan fingerprint density at radius 2 is 1.96 bits per heavy atom. The average Bonchev–Trinajstić information content (AvgIpc) is 3.06. The lowest BCUT2D eigenvalue weighted by Gasteiger charge is -2.32. The maximum atomic E-state index is 12.8. The van der Waals surface area contributed by atoms with E-state index in [0.717, 1.165) is 46.5 Å². The number of hydrogen-bond acceptors (Lipinski definition) is 3. The second-order valence-corrected chi connectivity index (χ2v) is 8.09. The van der Waals surface area contributed by atoms with Crippen molar-refractivity contribution in [3.8, 4) is 0 Å². The zero-order chi connectivity index (χ0) is 16.5. The molecular weight excluding hydrogens is 384 g/mol. The summed E-state index contributed by atoms with van der Waals surface area (Å²) in [5.41, 5.74) is 1.82. The van der Waals surface area contributed by atoms with Crippen LogP contribution in [-0.4, -0.2) is 28.9 Å². The number of amides is 1. The molecule has 5 heteroatoms. The number of likely N-dealkylation sites (tertiary alicyclic amines) is 1. The fourth-order valence-corrected chi connectivity index (χ4v) is 4.56. The molecule has 1 aliphatic heterocycles. The second-order valence-electron chi connectivity index (χ2n) is 6.12. The molecule has 1 aliphatic rings. The average molecular weight is 401 g/mol. The van der Waals surface area contributed by atoms with Crippen LogP contribution in [0.3, 0.4) is 0 Å². The first-order valence-corrected chi connectivity index (χ1v) is 9.72. The largest absolute Gasteiger partial charge is 0.338 e. The molecule has 0 N–H and O–H groups in total. The first kappa shape index (κ1) is 15.8. The van der Waals surface area contributed by atoms with E-state index in [1.807, 2.05) is 35.2 Å². The molecule has 24 heavy (non-hydrogen) atoms. The van der Waals surface area contributed by atoms with E-state index in [-0.39, 0.29) is 5.91 Å². The minimum Gasteiger partial charge on any atom is -0.338 e. The maximum Gasteiger partial charge on any atom is 0.253 e. The summed E-state index contributed by atoms with van der Waals surface area (Å²) in [5.74, 6) is 0.462. The van der Waals surface area contributed by atoms with Gasteiger partial charge in [0.05, 0.1) is 15.2 Å². The highest BCUT2D eigenvalue weighted by atomic mass is 79.9. The predicted octanol–water partition coefficient (Wildman–Crippen LogP) is 5.08. The summed E-state index contributed by atoms with van der Waals surface area (Å²) in [6, 6.07) is 15.9. The summed E-state index contributed by atoms with van der Waals surface area (Å²) in [4.78, 5) is 19.5. The van der Waals surface area contributed by atoms with Crippen LogP contribution < -0.4 is 0 Å². The van der Waals surface area contributed by atoms with Crippen LogP contribution in [0, 0.1) is 0 Å². The Morgan fingerprint density at radius 1 is 1.17 bits per heavy atom. The molecular formula is C19H17BrN2OS. The molecule has 1 fully saturated rings. The SMILES string of the molecule is O=C(c1ccc(Br)cc1)N1CCCC(c2nc3ccccc3s2)C1. The molecule has 2 aromatic carbocycles. The zero-order valence-electron chi connectivity index (χ0n) is 13.1. The van der Waals surface area contributed by atoms with E-state index in [0.29, 0.717) is 5.92 Å². The first-order chi connectivity index (χ1) is 11.7. The van der Waals surface area contributed by atoms with Gasteiger partial charge in [0.15, 0.2) is 0 Å². The van der Waals surface area contributed by atoms with Crippen molar-refractivity contribution in [1.82, 2.24) is 9.88 Å². The van der Waals surface area contributed by atoms with Crippen LogP contribution in [0.1, 0.15) is 34.1 Å². The third-order valence-corrected chi connectivity index (χ3v) is 6.19. The molecule has 0 bridgehead atoms. The van der Waals surface area contributed by atoms with Crippen molar-refractivity contribution >= 4 is 43.4 Å². The molecule has 0 radical (unpaired) electrons. The minimum atomic E-state index is 0.119. The summed E-state index contributed by atoms with van der Waals surface area (Å²) in [6.07, 6.45) is 2.13. The normalized spacial score (nSPS) is 18.0. The minimum absolute atomic E-state index is 0.119. The molecule has 4 rings (SSSR count). The van der Waals surface area contributed by atoms with Gasteiger partial charge in [-0.25, -0.2) is 4.98 Å². The van der Waals surface area contributed by atoms with E-state index in [2.05, 4.69) is 34.1 Å². The molecule has 1 saturated heterocycles. The smallest absolute Gasteiger partial charge is 0.253 e. The molecule has 1 amide bonds. The number of nitrogens with zero attached hydrogens (tertiary/aromatic N) is 2. The van der Waals surface area contributed by atoms with Gasteiger partial charge in [-0.2, -0.15) is 0 Å². The summed E-state index contributed by atoms with van der Waals surface area (Å²) < 4.78 is 2.22. The van der Waals surface area contributed by atoms with Crippen LogP contribution in [0.15, 0.2) is 53.0 Å². The zero-order valence-corrected chi connectivity index (χ0v) is 15.5. The first-order valence-electron chi connectivity index (χ1n) is 8.11. The number of carbonyl (C=O) groups is 1. The Bertz CT molecular complexity index is 841. The van der Waals surface area contributed by atoms with Gasteiger partial charge in [-0.05, 0) is 49.2 Å². The van der Waals surface area contributed by atoms with Crippen molar-refractivity contribution in [2.24, 2.45) is 0 Å². The highest BCUT2D eigenvalue weighted by Gasteiger charge is 2.27. The molecule has 1 unspecified atom stereocenters. The predicted molar refractivity (Wildman–Crippen MR) is 102 cm³/mol. The molecule has 1 aromatic heterocycles. The highest BCUT2D eigenvalue weighted by Crippen LogP contribution is 2.33. The number of hydrogen-bond donors (Lipinski definition) is 0. The van der Waals surface area contributed by atoms with E-state index in [1.165, 1.54) is 4.70 Å². The number of para-hydroxylation sites is 1. The quantitative estimate of drug-likeness (QED) is 0.600. The number of rotatable bonds is 2. The van der Waals surface area contributed by atoms with E-state index >= 15 is 0 Å². The number of thiazole rings is 1. The summed E-state index contributed by atoms with van der Waals surface area (Å²) in [5, 5.41) is 1.16. The number of aromatic nitrogens is 1. The molecule has 0 spiro atoms. The fraction of sp³-hybridized carbons (Fsp3) is 0.263. The Morgan fingerprint density at radius 3 is 2.75 bits per heavy atom. The highest BCUT2D eigenvalue weighted by molar-refractivity contribution is 9.10. The van der Waals surface area contributed by atoms with E-state index < -0.39 is 0 Å². The van der Waals surface area contributed by atoms with E-state index in [4.69, 9.17) is 4.98 Å². The van der Waals surface area contributed by atoms with Crippen LogP contribution >= 0.6 is 27.3 Å². The van der Waals surface area contributed by atoms with Crippen LogP contribution in [0.2, 0.25) is 0 Å². The molecule has 3 aromatic rings. The number of fused-ring (bicyclic) bond motifs is 1. The molecule has 0 saturated carbocycles. The van der Waals surface area contributed by atoms with Crippen LogP contribution in [0.5, 0.6) is 0 Å². The summed E-state index contributed by atoms with van der Waals surface area (Å²) >= 11 is 5.18. The van der Waals surface area contributed by atoms with Gasteiger partial charge in [0.25, 0.3) is 5.91 Å². The number of piperidine rings is 1. The Hall–Kier alpha value is -1.72. The molecule has 0 aliphatic carbocycles. The third kappa shape index (κ3) is 3.10. The van der Waals surface area contributed by atoms with Gasteiger partial charge in [-0.15, -0.1) is 11.3 Å². The molecule has 1 atom stereocenters. The molecule has 2 heterocycles. The van der Waals surface area contributed by atoms with Gasteiger partial charge in [0, 0.05) is 29.0 Å². The van der Waals surface area contributed by atoms with Crippen molar-refractivity contribution in [3.63, 3.8) is 0 Å². The standard InChI is InChI=1S/C19H17BrN2OS/c20-15-9-7-13(8-10-15)19(23)22-11-3-4-14(12-22)18-21-16-5-1-2-6-17(16)24-18/h1-2,5-10,14H,3-4,11-12H2. The topological polar surface area (TPSA) is 33.2 Å². The van der Waals surface area contributed by atoms with Gasteiger partial charge >= 0.3 is 0 Å². The van der Waals surface area contributed by atoms with Crippen LogP contribution in [0.4, 0.5) is 0 Å². The monoisotopic (exact) mass is 400 g/mol. The summed E-state index contributed by atoms with van der Waals surface area (Å²) in [7, 11) is 0. The van der Waals surface area contributed by atoms with Gasteiger partial charge in [-0.3, -0.25) is 4.79 Å². The van der Waals surface area contributed by atoms with E-state index in [1.54, 1.807) is 11.3 Å². The van der Waals surface area contributed by atoms with Crippen molar-refractivity contribution in [3.05, 3.63) is 63.6 Å². The van der Waals surface area contributed by atoms with Gasteiger partial charge in [0.2, 0.25) is 0 Å². The Labute approximate surface area is 153 Å². The lowest BCUT2D eigenvalue weighted by molar-refractivity contribution is 0.0707. The van der Waals surface area contributed by atoms with E-state index in [9.17, 15) is 4.79 Å². The number of carbonyl (C=O) groups excluding carboxylic acids is 1. The third-order valence-electron chi connectivity index (χ3n) is 4.46. The lowest BCUT2D eigenvalue weighted by Crippen LogP contribution is -2.39. The van der Waals surface area contributed by atoms with Gasteiger partial charge < -0.3 is 4.90 Å². The number of benzene rings is 2. The maximum absolute atomic E-state index is 12.8. The van der Waals surface area contributed by atoms with Crippen molar-refractivity contribution in [1.29, 1.82) is 0 Å². The van der Waals surface area contributed by atoms with Crippen molar-refractivity contribution in [2.75, 3.05) is 13.1 Å². The van der Waals surface area contributed by atoms with Crippen LogP contribution in [0.25, 0.3) is 10.2 Å². The van der Waals surface area contributed by atoms with Crippen LogP contribution in [-0.2, 0) is 0 Å². The fourth-order valence-electron chi connectivity index (χ4n) is 3.20. The summed E-state index contributed by atoms with van der Waals surface area (Å²) in [6.45, 7) is 1.59. The Kier molecular flexibility index (Phi) is 4.37. The Balaban J connectivity index is 1.54. The van der Waals surface area contributed by atoms with Gasteiger partial charge in [-0.1, -0.05) is 28.1 Å². The van der Waals surface area contributed by atoms with Crippen molar-refractivity contribution in [2.45, 2.75) is 18.8 Å². The lowest BCUT2D eigenvalue weighted by atomic mass is 9.98. The number of halogens is 1. The molecule has 122 valence electrons.